The number of halogens is 1. The zero-order valence-electron chi connectivity index (χ0n) is 13.6. The van der Waals surface area contributed by atoms with Crippen LogP contribution in [-0.4, -0.2) is 65.6 Å². The lowest BCUT2D eigenvalue weighted by Crippen LogP contribution is -2.49. The van der Waals surface area contributed by atoms with Crippen molar-refractivity contribution in [2.75, 3.05) is 44.5 Å². The van der Waals surface area contributed by atoms with Gasteiger partial charge in [0.25, 0.3) is 0 Å². The number of nitrogens with zero attached hydrogens (tertiary/aromatic N) is 1. The van der Waals surface area contributed by atoms with Crippen molar-refractivity contribution in [3.05, 3.63) is 29.8 Å². The fourth-order valence-electron chi connectivity index (χ4n) is 2.60. The molecule has 1 N–H and O–H groups in total. The quantitative estimate of drug-likeness (QED) is 0.747. The Morgan fingerprint density at radius 1 is 1.21 bits per heavy atom. The van der Waals surface area contributed by atoms with Gasteiger partial charge in [-0.05, 0) is 6.07 Å². The first-order valence-corrected chi connectivity index (χ1v) is 10.9. The van der Waals surface area contributed by atoms with Crippen LogP contribution in [0.1, 0.15) is 11.6 Å². The van der Waals surface area contributed by atoms with Gasteiger partial charge in [-0.3, -0.25) is 0 Å². The van der Waals surface area contributed by atoms with E-state index in [0.717, 1.165) is 11.8 Å². The first-order chi connectivity index (χ1) is 10.7. The average molecular weight is 399 g/mol. The van der Waals surface area contributed by atoms with Crippen LogP contribution in [0, 0.1) is 0 Å². The maximum Gasteiger partial charge on any atom is 0.215 e. The molecule has 1 heterocycles. The summed E-state index contributed by atoms with van der Waals surface area (Å²) in [4.78, 5) is 0. The standard InChI is InChI=1S/C14H22N2O5S2.ClH/c1-21-14-6-4-3-5-12(14)13-11-15-7-8-16(13)23(19,20)10-9-22(2,17)18;/h3-6,13,15H,7-11H2,1-2H3;1H. The predicted molar refractivity (Wildman–Crippen MR) is 96.1 cm³/mol. The molecule has 10 heteroatoms. The number of hydrogen-bond acceptors (Lipinski definition) is 6. The molecular weight excluding hydrogens is 376 g/mol. The second-order valence-electron chi connectivity index (χ2n) is 5.52. The third kappa shape index (κ3) is 5.32. The van der Waals surface area contributed by atoms with E-state index >= 15 is 0 Å². The molecule has 1 aliphatic rings. The monoisotopic (exact) mass is 398 g/mol. The molecule has 0 spiro atoms. The summed E-state index contributed by atoms with van der Waals surface area (Å²) in [6, 6.07) is 6.85. The number of rotatable bonds is 6. The molecule has 1 unspecified atom stereocenters. The van der Waals surface area contributed by atoms with Gasteiger partial charge in [0.15, 0.2) is 0 Å². The highest BCUT2D eigenvalue weighted by molar-refractivity contribution is 7.93. The van der Waals surface area contributed by atoms with Crippen LogP contribution in [-0.2, 0) is 19.9 Å². The summed E-state index contributed by atoms with van der Waals surface area (Å²) in [6.45, 7) is 1.29. The molecule has 2 rings (SSSR count). The summed E-state index contributed by atoms with van der Waals surface area (Å²) < 4.78 is 54.5. The van der Waals surface area contributed by atoms with Gasteiger partial charge in [0.05, 0.1) is 24.7 Å². The lowest BCUT2D eigenvalue weighted by Gasteiger charge is -2.36. The maximum absolute atomic E-state index is 12.6. The van der Waals surface area contributed by atoms with Crippen molar-refractivity contribution in [1.29, 1.82) is 0 Å². The Morgan fingerprint density at radius 2 is 1.88 bits per heavy atom. The zero-order valence-corrected chi connectivity index (χ0v) is 16.1. The molecule has 0 aliphatic carbocycles. The van der Waals surface area contributed by atoms with Crippen molar-refractivity contribution in [1.82, 2.24) is 9.62 Å². The van der Waals surface area contributed by atoms with Crippen molar-refractivity contribution >= 4 is 32.3 Å². The van der Waals surface area contributed by atoms with Crippen LogP contribution in [0.3, 0.4) is 0 Å². The molecule has 1 saturated heterocycles. The summed E-state index contributed by atoms with van der Waals surface area (Å²) in [6.07, 6.45) is 1.04. The van der Waals surface area contributed by atoms with E-state index in [0.29, 0.717) is 25.4 Å². The summed E-state index contributed by atoms with van der Waals surface area (Å²) in [5.74, 6) is -0.167. The minimum Gasteiger partial charge on any atom is -0.496 e. The molecule has 1 aromatic carbocycles. The lowest BCUT2D eigenvalue weighted by atomic mass is 10.0. The first kappa shape index (κ1) is 21.2. The number of benzene rings is 1. The van der Waals surface area contributed by atoms with Gasteiger partial charge in [0, 0.05) is 31.5 Å². The summed E-state index contributed by atoms with van der Waals surface area (Å²) in [5.41, 5.74) is 0.769. The largest absolute Gasteiger partial charge is 0.496 e. The maximum atomic E-state index is 12.6. The van der Waals surface area contributed by atoms with Gasteiger partial charge in [-0.15, -0.1) is 12.4 Å². The first-order valence-electron chi connectivity index (χ1n) is 7.25. The minimum atomic E-state index is -3.68. The molecule has 7 nitrogen and oxygen atoms in total. The van der Waals surface area contributed by atoms with Crippen LogP contribution in [0.25, 0.3) is 0 Å². The van der Waals surface area contributed by atoms with Gasteiger partial charge in [-0.25, -0.2) is 16.8 Å². The van der Waals surface area contributed by atoms with E-state index in [9.17, 15) is 16.8 Å². The molecule has 24 heavy (non-hydrogen) atoms. The molecule has 1 aliphatic heterocycles. The molecule has 1 aromatic rings. The Hall–Kier alpha value is -0.870. The molecule has 0 radical (unpaired) electrons. The normalized spacial score (nSPS) is 19.5. The van der Waals surface area contributed by atoms with Crippen LogP contribution in [0.15, 0.2) is 24.3 Å². The number of ether oxygens (including phenoxy) is 1. The van der Waals surface area contributed by atoms with Gasteiger partial charge < -0.3 is 10.1 Å². The van der Waals surface area contributed by atoms with Crippen molar-refractivity contribution < 1.29 is 21.6 Å². The molecule has 0 saturated carbocycles. The Kier molecular flexibility index (Phi) is 7.48. The van der Waals surface area contributed by atoms with E-state index in [1.807, 2.05) is 18.2 Å². The highest BCUT2D eigenvalue weighted by atomic mass is 35.5. The Balaban J connectivity index is 0.00000288. The zero-order chi connectivity index (χ0) is 17.1. The third-order valence-electron chi connectivity index (χ3n) is 3.76. The van der Waals surface area contributed by atoms with Gasteiger partial charge in [0.2, 0.25) is 10.0 Å². The van der Waals surface area contributed by atoms with Crippen LogP contribution in [0.4, 0.5) is 0 Å². The van der Waals surface area contributed by atoms with Crippen LogP contribution in [0.5, 0.6) is 5.75 Å². The van der Waals surface area contributed by atoms with Crippen LogP contribution < -0.4 is 10.1 Å². The number of piperazine rings is 1. The number of hydrogen-bond donors (Lipinski definition) is 1. The van der Waals surface area contributed by atoms with E-state index in [4.69, 9.17) is 4.74 Å². The van der Waals surface area contributed by atoms with E-state index < -0.39 is 31.7 Å². The van der Waals surface area contributed by atoms with Crippen molar-refractivity contribution in [2.45, 2.75) is 6.04 Å². The molecule has 138 valence electrons. The Labute approximate surface area is 149 Å². The number of sulfone groups is 1. The third-order valence-corrected chi connectivity index (χ3v) is 6.84. The van der Waals surface area contributed by atoms with E-state index in [2.05, 4.69) is 5.32 Å². The fourth-order valence-corrected chi connectivity index (χ4v) is 5.83. The minimum absolute atomic E-state index is 0. The SMILES string of the molecule is COc1ccccc1C1CNCCN1S(=O)(=O)CCS(C)(=O)=O.Cl. The fraction of sp³-hybridized carbons (Fsp3) is 0.571. The molecule has 0 aromatic heterocycles. The highest BCUT2D eigenvalue weighted by Gasteiger charge is 2.34. The Bertz CT molecular complexity index is 752. The number of para-hydroxylation sites is 1. The second-order valence-corrected chi connectivity index (χ2v) is 9.82. The molecule has 1 atom stereocenters. The lowest BCUT2D eigenvalue weighted by molar-refractivity contribution is 0.265. The number of nitrogens with one attached hydrogen (secondary N) is 1. The van der Waals surface area contributed by atoms with E-state index in [1.165, 1.54) is 11.4 Å². The van der Waals surface area contributed by atoms with Crippen molar-refractivity contribution in [2.24, 2.45) is 0 Å². The van der Waals surface area contributed by atoms with Crippen LogP contribution in [0.2, 0.25) is 0 Å². The second kappa shape index (κ2) is 8.48. The summed E-state index contributed by atoms with van der Waals surface area (Å²) >= 11 is 0. The molecule has 0 bridgehead atoms. The molecule has 0 amide bonds. The Morgan fingerprint density at radius 3 is 2.50 bits per heavy atom. The molecular formula is C14H23ClN2O5S2. The van der Waals surface area contributed by atoms with Crippen LogP contribution >= 0.6 is 12.4 Å². The summed E-state index contributed by atoms with van der Waals surface area (Å²) in [7, 11) is -5.48. The molecule has 1 fully saturated rings. The van der Waals surface area contributed by atoms with E-state index in [1.54, 1.807) is 6.07 Å². The summed E-state index contributed by atoms with van der Waals surface area (Å²) in [5, 5.41) is 3.18. The van der Waals surface area contributed by atoms with Crippen molar-refractivity contribution in [3.63, 3.8) is 0 Å². The van der Waals surface area contributed by atoms with Crippen molar-refractivity contribution in [3.8, 4) is 5.75 Å². The van der Waals surface area contributed by atoms with Gasteiger partial charge in [0.1, 0.15) is 15.6 Å². The van der Waals surface area contributed by atoms with Gasteiger partial charge in [-0.1, -0.05) is 18.2 Å². The predicted octanol–water partition coefficient (Wildman–Crippen LogP) is 0.438. The number of methoxy groups -OCH3 is 1. The number of sulfonamides is 1. The highest BCUT2D eigenvalue weighted by Crippen LogP contribution is 2.31. The van der Waals surface area contributed by atoms with Gasteiger partial charge in [-0.2, -0.15) is 4.31 Å². The van der Waals surface area contributed by atoms with Gasteiger partial charge >= 0.3 is 0 Å². The van der Waals surface area contributed by atoms with E-state index in [-0.39, 0.29) is 18.2 Å². The average Bonchev–Trinajstić information content (AvgIpc) is 2.52. The topological polar surface area (TPSA) is 92.8 Å². The smallest absolute Gasteiger partial charge is 0.215 e.